The first-order valence-corrected chi connectivity index (χ1v) is 9.73. The Morgan fingerprint density at radius 2 is 1.95 bits per heavy atom. The summed E-state index contributed by atoms with van der Waals surface area (Å²) >= 11 is 1.45. The Hall–Kier alpha value is -1.44. The van der Waals surface area contributed by atoms with Gasteiger partial charge in [0.2, 0.25) is 0 Å². The summed E-state index contributed by atoms with van der Waals surface area (Å²) < 4.78 is 30.0. The van der Waals surface area contributed by atoms with Gasteiger partial charge in [-0.15, -0.1) is 11.3 Å². The average molecular weight is 338 g/mol. The molecule has 0 bridgehead atoms. The Morgan fingerprint density at radius 3 is 2.68 bits per heavy atom. The van der Waals surface area contributed by atoms with E-state index in [0.29, 0.717) is 16.6 Å². The van der Waals surface area contributed by atoms with Gasteiger partial charge in [0, 0.05) is 24.6 Å². The summed E-state index contributed by atoms with van der Waals surface area (Å²) in [5.74, 6) is -0.0665. The van der Waals surface area contributed by atoms with Crippen LogP contribution in [0, 0.1) is 0 Å². The van der Waals surface area contributed by atoms with E-state index >= 15 is 0 Å². The molecule has 0 radical (unpaired) electrons. The summed E-state index contributed by atoms with van der Waals surface area (Å²) in [6.07, 6.45) is 1.91. The molecule has 2 heterocycles. The zero-order valence-corrected chi connectivity index (χ0v) is 13.7. The Bertz CT molecular complexity index is 707. The van der Waals surface area contributed by atoms with Crippen LogP contribution in [-0.4, -0.2) is 32.7 Å². The molecule has 5 nitrogen and oxygen atoms in total. The number of aromatic nitrogens is 1. The van der Waals surface area contributed by atoms with Crippen LogP contribution in [-0.2, 0) is 20.3 Å². The van der Waals surface area contributed by atoms with Crippen LogP contribution in [0.5, 0.6) is 0 Å². The lowest BCUT2D eigenvalue weighted by molar-refractivity contribution is 0.0904. The normalized spacial score (nSPS) is 16.5. The summed E-state index contributed by atoms with van der Waals surface area (Å²) in [7, 11) is -3.34. The number of benzene rings is 1. The molecule has 0 spiro atoms. The van der Waals surface area contributed by atoms with E-state index in [1.54, 1.807) is 30.3 Å². The van der Waals surface area contributed by atoms with E-state index in [9.17, 15) is 8.42 Å². The summed E-state index contributed by atoms with van der Waals surface area (Å²) in [5, 5.41) is 5.95. The smallest absolute Gasteiger partial charge is 0.184 e. The Labute approximate surface area is 134 Å². The van der Waals surface area contributed by atoms with Gasteiger partial charge in [0.1, 0.15) is 0 Å². The van der Waals surface area contributed by atoms with E-state index < -0.39 is 9.84 Å². The van der Waals surface area contributed by atoms with E-state index in [2.05, 4.69) is 10.3 Å². The van der Waals surface area contributed by atoms with Gasteiger partial charge in [-0.05, 0) is 25.0 Å². The molecule has 1 N–H and O–H groups in total. The maximum Gasteiger partial charge on any atom is 0.184 e. The molecule has 1 aromatic heterocycles. The van der Waals surface area contributed by atoms with Crippen molar-refractivity contribution in [1.29, 1.82) is 0 Å². The number of sulfone groups is 1. The highest BCUT2D eigenvalue weighted by Gasteiger charge is 2.18. The highest BCUT2D eigenvalue weighted by atomic mass is 32.2. The molecule has 2 aromatic rings. The van der Waals surface area contributed by atoms with Crippen molar-refractivity contribution in [2.75, 3.05) is 18.5 Å². The lowest BCUT2D eigenvalue weighted by Crippen LogP contribution is -2.27. The largest absolute Gasteiger partial charge is 0.381 e. The fraction of sp³-hybridized carbons (Fsp3) is 0.400. The van der Waals surface area contributed by atoms with Crippen molar-refractivity contribution in [1.82, 2.24) is 4.98 Å². The number of nitrogens with zero attached hydrogens (tertiary/aromatic N) is 1. The van der Waals surface area contributed by atoms with Crippen LogP contribution >= 0.6 is 11.3 Å². The quantitative estimate of drug-likeness (QED) is 0.908. The van der Waals surface area contributed by atoms with Gasteiger partial charge < -0.3 is 10.1 Å². The molecule has 1 aliphatic heterocycles. The van der Waals surface area contributed by atoms with Crippen LogP contribution in [0.15, 0.2) is 40.6 Å². The van der Waals surface area contributed by atoms with Gasteiger partial charge in [0.05, 0.1) is 16.3 Å². The van der Waals surface area contributed by atoms with Crippen LogP contribution in [0.2, 0.25) is 0 Å². The van der Waals surface area contributed by atoms with Crippen LogP contribution in [0.25, 0.3) is 0 Å². The first kappa shape index (κ1) is 15.5. The molecule has 1 fully saturated rings. The van der Waals surface area contributed by atoms with Gasteiger partial charge in [0.15, 0.2) is 15.0 Å². The molecular formula is C15H18N2O3S2. The van der Waals surface area contributed by atoms with Crippen molar-refractivity contribution in [3.05, 3.63) is 41.4 Å². The van der Waals surface area contributed by atoms with Crippen molar-refractivity contribution in [3.63, 3.8) is 0 Å². The highest BCUT2D eigenvalue weighted by molar-refractivity contribution is 7.90. The predicted octanol–water partition coefficient (Wildman–Crippen LogP) is 2.71. The highest BCUT2D eigenvalue weighted by Crippen LogP contribution is 2.22. The van der Waals surface area contributed by atoms with Gasteiger partial charge in [-0.25, -0.2) is 13.4 Å². The van der Waals surface area contributed by atoms with Crippen molar-refractivity contribution < 1.29 is 13.2 Å². The Balaban J connectivity index is 1.66. The summed E-state index contributed by atoms with van der Waals surface area (Å²) in [6, 6.07) is 8.85. The van der Waals surface area contributed by atoms with E-state index in [0.717, 1.165) is 31.2 Å². The monoisotopic (exact) mass is 338 g/mol. The lowest BCUT2D eigenvalue weighted by Gasteiger charge is -2.22. The summed E-state index contributed by atoms with van der Waals surface area (Å²) in [4.78, 5) is 4.74. The van der Waals surface area contributed by atoms with Gasteiger partial charge in [-0.3, -0.25) is 0 Å². The third-order valence-electron chi connectivity index (χ3n) is 3.54. The summed E-state index contributed by atoms with van der Waals surface area (Å²) in [5.41, 5.74) is 0.586. The van der Waals surface area contributed by atoms with Gasteiger partial charge >= 0.3 is 0 Å². The zero-order valence-electron chi connectivity index (χ0n) is 12.1. The zero-order chi connectivity index (χ0) is 15.4. The number of ether oxygens (including phenoxy) is 1. The predicted molar refractivity (Wildman–Crippen MR) is 86.9 cm³/mol. The molecule has 22 heavy (non-hydrogen) atoms. The number of hydrogen-bond acceptors (Lipinski definition) is 6. The van der Waals surface area contributed by atoms with Crippen molar-refractivity contribution >= 4 is 26.3 Å². The fourth-order valence-electron chi connectivity index (χ4n) is 2.36. The van der Waals surface area contributed by atoms with Gasteiger partial charge in [-0.1, -0.05) is 18.2 Å². The first-order chi connectivity index (χ1) is 10.6. The molecule has 7 heteroatoms. The minimum Gasteiger partial charge on any atom is -0.381 e. The van der Waals surface area contributed by atoms with Crippen LogP contribution < -0.4 is 5.32 Å². The molecule has 1 saturated heterocycles. The molecule has 0 atom stereocenters. The molecule has 118 valence electrons. The van der Waals surface area contributed by atoms with Crippen LogP contribution in [0.4, 0.5) is 5.13 Å². The molecule has 1 aliphatic rings. The second kappa shape index (κ2) is 6.76. The maximum atomic E-state index is 12.3. The average Bonchev–Trinajstić information content (AvgIpc) is 2.95. The lowest BCUT2D eigenvalue weighted by atomic mass is 10.1. The van der Waals surface area contributed by atoms with E-state index in [1.807, 2.05) is 5.38 Å². The minimum atomic E-state index is -3.34. The third-order valence-corrected chi connectivity index (χ3v) is 6.03. The van der Waals surface area contributed by atoms with Crippen LogP contribution in [0.3, 0.4) is 0 Å². The van der Waals surface area contributed by atoms with E-state index in [4.69, 9.17) is 4.74 Å². The van der Waals surface area contributed by atoms with Crippen LogP contribution in [0.1, 0.15) is 18.5 Å². The first-order valence-electron chi connectivity index (χ1n) is 7.20. The SMILES string of the molecule is O=S(=O)(Cc1csc(NC2CCOCC2)n1)c1ccccc1. The molecule has 0 aliphatic carbocycles. The van der Waals surface area contributed by atoms with Gasteiger partial charge in [-0.2, -0.15) is 0 Å². The molecular weight excluding hydrogens is 320 g/mol. The number of hydrogen-bond donors (Lipinski definition) is 1. The third kappa shape index (κ3) is 3.85. The second-order valence-electron chi connectivity index (χ2n) is 5.25. The van der Waals surface area contributed by atoms with Crippen molar-refractivity contribution in [2.45, 2.75) is 29.5 Å². The maximum absolute atomic E-state index is 12.3. The fourth-order valence-corrected chi connectivity index (χ4v) is 4.53. The molecule has 3 rings (SSSR count). The van der Waals surface area contributed by atoms with Gasteiger partial charge in [0.25, 0.3) is 0 Å². The van der Waals surface area contributed by atoms with Crippen molar-refractivity contribution in [3.8, 4) is 0 Å². The van der Waals surface area contributed by atoms with E-state index in [1.165, 1.54) is 11.3 Å². The minimum absolute atomic E-state index is 0.0665. The molecule has 0 unspecified atom stereocenters. The van der Waals surface area contributed by atoms with Crippen molar-refractivity contribution in [2.24, 2.45) is 0 Å². The second-order valence-corrected chi connectivity index (χ2v) is 8.09. The standard InChI is InChI=1S/C15H18N2O3S2/c18-22(19,14-4-2-1-3-5-14)11-13-10-21-15(17-13)16-12-6-8-20-9-7-12/h1-5,10,12H,6-9,11H2,(H,16,17). The topological polar surface area (TPSA) is 68.3 Å². The molecule has 0 saturated carbocycles. The number of anilines is 1. The Morgan fingerprint density at radius 1 is 1.23 bits per heavy atom. The number of thiazole rings is 1. The molecule has 0 amide bonds. The number of rotatable bonds is 5. The summed E-state index contributed by atoms with van der Waals surface area (Å²) in [6.45, 7) is 1.52. The van der Waals surface area contributed by atoms with E-state index in [-0.39, 0.29) is 5.75 Å². The Kier molecular flexibility index (Phi) is 4.75. The molecule has 1 aromatic carbocycles. The number of nitrogens with one attached hydrogen (secondary N) is 1.